The van der Waals surface area contributed by atoms with E-state index in [9.17, 15) is 0 Å². The van der Waals surface area contributed by atoms with E-state index in [0.29, 0.717) is 5.69 Å². The van der Waals surface area contributed by atoms with E-state index < -0.39 is 0 Å². The molecule has 0 bridgehead atoms. The standard InChI is InChI=1S/C42H28N6/c43-33-16-10-26(11-17-33)36-19-13-28-7-9-30-15-21-38(48-42(30)40(28)46-36)32-22-31(23-34(44)24-32)37-20-14-29-8-6-27-12-18-35(25-4-2-1-3-5-25)45-39(27)41(29)47-37/h1-24H,43-44H2. The first kappa shape index (κ1) is 27.6. The Kier molecular flexibility index (Phi) is 6.33. The van der Waals surface area contributed by atoms with Gasteiger partial charge in [-0.2, -0.15) is 0 Å². The predicted octanol–water partition coefficient (Wildman–Crippen LogP) is 9.71. The van der Waals surface area contributed by atoms with Crippen LogP contribution in [0.3, 0.4) is 0 Å². The van der Waals surface area contributed by atoms with E-state index in [4.69, 9.17) is 31.4 Å². The minimum absolute atomic E-state index is 0.635. The van der Waals surface area contributed by atoms with Gasteiger partial charge in [-0.1, -0.05) is 91.0 Å². The maximum Gasteiger partial charge on any atom is 0.0972 e. The zero-order chi connectivity index (χ0) is 32.2. The van der Waals surface area contributed by atoms with Crippen molar-refractivity contribution in [3.8, 4) is 45.0 Å². The lowest BCUT2D eigenvalue weighted by atomic mass is 10.0. The summed E-state index contributed by atoms with van der Waals surface area (Å²) in [6, 6.07) is 48.9. The average Bonchev–Trinajstić information content (AvgIpc) is 3.14. The average molecular weight is 617 g/mol. The number of rotatable bonds is 4. The molecule has 4 heterocycles. The van der Waals surface area contributed by atoms with Gasteiger partial charge in [-0.05, 0) is 54.6 Å². The minimum atomic E-state index is 0.635. The number of aromatic nitrogens is 4. The molecule has 0 saturated heterocycles. The molecular formula is C42H28N6. The van der Waals surface area contributed by atoms with Crippen molar-refractivity contribution in [2.24, 2.45) is 0 Å². The molecule has 4 aromatic heterocycles. The van der Waals surface area contributed by atoms with Crippen LogP contribution in [0.2, 0.25) is 0 Å². The van der Waals surface area contributed by atoms with Crippen LogP contribution in [0.4, 0.5) is 11.4 Å². The molecule has 48 heavy (non-hydrogen) atoms. The summed E-state index contributed by atoms with van der Waals surface area (Å²) in [7, 11) is 0. The van der Waals surface area contributed by atoms with Gasteiger partial charge in [0.25, 0.3) is 0 Å². The number of anilines is 2. The topological polar surface area (TPSA) is 104 Å². The maximum absolute atomic E-state index is 6.53. The lowest BCUT2D eigenvalue weighted by molar-refractivity contribution is 1.35. The number of hydrogen-bond donors (Lipinski definition) is 2. The van der Waals surface area contributed by atoms with Gasteiger partial charge in [0, 0.05) is 55.2 Å². The Labute approximate surface area is 276 Å². The zero-order valence-corrected chi connectivity index (χ0v) is 25.8. The van der Waals surface area contributed by atoms with E-state index >= 15 is 0 Å². The van der Waals surface area contributed by atoms with Gasteiger partial charge in [0.2, 0.25) is 0 Å². The summed E-state index contributed by atoms with van der Waals surface area (Å²) in [5, 5.41) is 4.11. The highest BCUT2D eigenvalue weighted by molar-refractivity contribution is 6.05. The Balaban J connectivity index is 1.16. The molecule has 0 aliphatic carbocycles. The fraction of sp³-hybridized carbons (Fsp3) is 0. The maximum atomic E-state index is 6.53. The first-order valence-electron chi connectivity index (χ1n) is 15.8. The molecule has 0 radical (unpaired) electrons. The number of pyridine rings is 4. The van der Waals surface area contributed by atoms with Crippen molar-refractivity contribution >= 4 is 55.0 Å². The van der Waals surface area contributed by atoms with Gasteiger partial charge in [-0.25, -0.2) is 19.9 Å². The molecule has 0 aliphatic heterocycles. The van der Waals surface area contributed by atoms with Crippen molar-refractivity contribution in [3.63, 3.8) is 0 Å². The largest absolute Gasteiger partial charge is 0.399 e. The van der Waals surface area contributed by atoms with E-state index in [1.807, 2.05) is 72.8 Å². The number of fused-ring (bicyclic) bond motifs is 6. The molecule has 6 nitrogen and oxygen atoms in total. The number of nitrogens with zero attached hydrogens (tertiary/aromatic N) is 4. The van der Waals surface area contributed by atoms with Gasteiger partial charge in [0.1, 0.15) is 0 Å². The van der Waals surface area contributed by atoms with Gasteiger partial charge >= 0.3 is 0 Å². The van der Waals surface area contributed by atoms with Crippen LogP contribution >= 0.6 is 0 Å². The van der Waals surface area contributed by atoms with Gasteiger partial charge in [0.15, 0.2) is 0 Å². The molecule has 4 N–H and O–H groups in total. The van der Waals surface area contributed by atoms with Crippen molar-refractivity contribution in [1.29, 1.82) is 0 Å². The Bertz CT molecular complexity index is 2690. The van der Waals surface area contributed by atoms with Crippen LogP contribution in [0.15, 0.2) is 146 Å². The predicted molar refractivity (Wildman–Crippen MR) is 198 cm³/mol. The first-order chi connectivity index (χ1) is 23.6. The highest BCUT2D eigenvalue weighted by atomic mass is 14.8. The zero-order valence-electron chi connectivity index (χ0n) is 25.8. The third-order valence-electron chi connectivity index (χ3n) is 8.86. The van der Waals surface area contributed by atoms with Crippen LogP contribution in [0.1, 0.15) is 0 Å². The van der Waals surface area contributed by atoms with Crippen LogP contribution in [0.25, 0.3) is 88.6 Å². The first-order valence-corrected chi connectivity index (χ1v) is 15.8. The summed E-state index contributed by atoms with van der Waals surface area (Å²) in [5.74, 6) is 0. The number of nitrogens with two attached hydrogens (primary N) is 2. The third kappa shape index (κ3) is 4.84. The van der Waals surface area contributed by atoms with Crippen LogP contribution in [-0.4, -0.2) is 19.9 Å². The molecule has 0 saturated carbocycles. The van der Waals surface area contributed by atoms with Crippen LogP contribution in [0.5, 0.6) is 0 Å². The summed E-state index contributed by atoms with van der Waals surface area (Å²) in [5.41, 5.74) is 24.5. The monoisotopic (exact) mass is 616 g/mol. The fourth-order valence-corrected chi connectivity index (χ4v) is 6.39. The van der Waals surface area contributed by atoms with Crippen molar-refractivity contribution in [3.05, 3.63) is 146 Å². The summed E-state index contributed by atoms with van der Waals surface area (Å²) >= 11 is 0. The van der Waals surface area contributed by atoms with Gasteiger partial charge < -0.3 is 11.5 Å². The van der Waals surface area contributed by atoms with Crippen LogP contribution in [-0.2, 0) is 0 Å². The molecule has 0 fully saturated rings. The summed E-state index contributed by atoms with van der Waals surface area (Å²) in [6.07, 6.45) is 0. The van der Waals surface area contributed by atoms with Crippen molar-refractivity contribution in [1.82, 2.24) is 19.9 Å². The number of benzene rings is 5. The highest BCUT2D eigenvalue weighted by Crippen LogP contribution is 2.33. The molecular weight excluding hydrogens is 589 g/mol. The molecule has 0 amide bonds. The normalized spacial score (nSPS) is 11.5. The second kappa shape index (κ2) is 11.0. The molecule has 226 valence electrons. The molecule has 5 aromatic carbocycles. The number of nitrogen functional groups attached to an aromatic ring is 2. The summed E-state index contributed by atoms with van der Waals surface area (Å²) < 4.78 is 0. The van der Waals surface area contributed by atoms with Crippen molar-refractivity contribution in [2.75, 3.05) is 11.5 Å². The van der Waals surface area contributed by atoms with Crippen molar-refractivity contribution in [2.45, 2.75) is 0 Å². The fourth-order valence-electron chi connectivity index (χ4n) is 6.39. The second-order valence-electron chi connectivity index (χ2n) is 12.0. The second-order valence-corrected chi connectivity index (χ2v) is 12.0. The van der Waals surface area contributed by atoms with E-state index in [1.165, 1.54) is 0 Å². The summed E-state index contributed by atoms with van der Waals surface area (Å²) in [4.78, 5) is 20.4. The van der Waals surface area contributed by atoms with Gasteiger partial charge in [0.05, 0.1) is 44.8 Å². The molecule has 0 aliphatic rings. The highest BCUT2D eigenvalue weighted by Gasteiger charge is 2.13. The Hall–Kier alpha value is -6.66. The SMILES string of the molecule is Nc1ccc(-c2ccc3ccc4ccc(-c5cc(N)cc(-c6ccc7ccc8ccc(-c9ccccc9)nc8c7n6)c5)nc4c3n2)cc1. The van der Waals surface area contributed by atoms with Crippen LogP contribution < -0.4 is 11.5 Å². The third-order valence-corrected chi connectivity index (χ3v) is 8.86. The quantitative estimate of drug-likeness (QED) is 0.151. The Morgan fingerprint density at radius 3 is 1.06 bits per heavy atom. The van der Waals surface area contributed by atoms with E-state index in [0.717, 1.165) is 94.3 Å². The lowest BCUT2D eigenvalue weighted by Crippen LogP contribution is -1.94. The molecule has 0 atom stereocenters. The molecule has 9 aromatic rings. The minimum Gasteiger partial charge on any atom is -0.399 e. The van der Waals surface area contributed by atoms with Crippen molar-refractivity contribution < 1.29 is 0 Å². The molecule has 0 spiro atoms. The van der Waals surface area contributed by atoms with Gasteiger partial charge in [-0.15, -0.1) is 0 Å². The van der Waals surface area contributed by atoms with Gasteiger partial charge in [-0.3, -0.25) is 0 Å². The number of hydrogen-bond acceptors (Lipinski definition) is 6. The Morgan fingerprint density at radius 2 is 0.646 bits per heavy atom. The lowest BCUT2D eigenvalue weighted by Gasteiger charge is -2.11. The van der Waals surface area contributed by atoms with E-state index in [-0.39, 0.29) is 0 Å². The summed E-state index contributed by atoms with van der Waals surface area (Å²) in [6.45, 7) is 0. The Morgan fingerprint density at radius 1 is 0.292 bits per heavy atom. The van der Waals surface area contributed by atoms with E-state index in [1.54, 1.807) is 0 Å². The smallest absolute Gasteiger partial charge is 0.0972 e. The van der Waals surface area contributed by atoms with E-state index in [2.05, 4.69) is 72.8 Å². The van der Waals surface area contributed by atoms with Crippen LogP contribution in [0, 0.1) is 0 Å². The molecule has 6 heteroatoms. The molecule has 0 unspecified atom stereocenters. The molecule has 9 rings (SSSR count).